The van der Waals surface area contributed by atoms with Crippen molar-refractivity contribution in [1.82, 2.24) is 10.3 Å². The highest BCUT2D eigenvalue weighted by molar-refractivity contribution is 5.29. The second-order valence-electron chi connectivity index (χ2n) is 5.79. The van der Waals surface area contributed by atoms with E-state index in [2.05, 4.69) is 31.1 Å². The molecule has 0 spiro atoms. The molecule has 0 bridgehead atoms. The van der Waals surface area contributed by atoms with Crippen LogP contribution in [0.5, 0.6) is 11.6 Å². The van der Waals surface area contributed by atoms with Gasteiger partial charge in [-0.25, -0.2) is 13.8 Å². The van der Waals surface area contributed by atoms with E-state index in [1.54, 1.807) is 12.3 Å². The Morgan fingerprint density at radius 1 is 1.14 bits per heavy atom. The molecular formula is C16H18F2N2O. The van der Waals surface area contributed by atoms with Crippen molar-refractivity contribution in [3.05, 3.63) is 53.7 Å². The standard InChI is InChI=1S/C16H18F2N2O/c1-16(2,3)20-10-11-4-7-15(19-9-11)21-14-6-5-12(17)8-13(14)18/h4-9,20H,10H2,1-3H3. The van der Waals surface area contributed by atoms with Crippen molar-refractivity contribution in [2.45, 2.75) is 32.9 Å². The smallest absolute Gasteiger partial charge is 0.219 e. The van der Waals surface area contributed by atoms with E-state index in [-0.39, 0.29) is 17.2 Å². The van der Waals surface area contributed by atoms with Gasteiger partial charge in [0.15, 0.2) is 11.6 Å². The lowest BCUT2D eigenvalue weighted by Crippen LogP contribution is -2.35. The molecule has 5 heteroatoms. The number of nitrogens with one attached hydrogen (secondary N) is 1. The quantitative estimate of drug-likeness (QED) is 0.923. The lowest BCUT2D eigenvalue weighted by atomic mass is 10.1. The Morgan fingerprint density at radius 2 is 1.90 bits per heavy atom. The van der Waals surface area contributed by atoms with Gasteiger partial charge in [0.05, 0.1) is 0 Å². The van der Waals surface area contributed by atoms with E-state index < -0.39 is 11.6 Å². The number of pyridine rings is 1. The monoisotopic (exact) mass is 292 g/mol. The molecule has 1 aromatic carbocycles. The molecule has 0 atom stereocenters. The van der Waals surface area contributed by atoms with Crippen LogP contribution in [0.4, 0.5) is 8.78 Å². The average Bonchev–Trinajstić information content (AvgIpc) is 2.40. The van der Waals surface area contributed by atoms with Gasteiger partial charge in [-0.3, -0.25) is 0 Å². The average molecular weight is 292 g/mol. The SMILES string of the molecule is CC(C)(C)NCc1ccc(Oc2ccc(F)cc2F)nc1. The summed E-state index contributed by atoms with van der Waals surface area (Å²) < 4.78 is 31.6. The fourth-order valence-corrected chi connectivity index (χ4v) is 1.61. The van der Waals surface area contributed by atoms with Gasteiger partial charge in [-0.05, 0) is 38.5 Å². The van der Waals surface area contributed by atoms with Crippen LogP contribution in [0.15, 0.2) is 36.5 Å². The molecule has 1 aromatic heterocycles. The number of benzene rings is 1. The molecular weight excluding hydrogens is 274 g/mol. The minimum atomic E-state index is -0.754. The summed E-state index contributed by atoms with van der Waals surface area (Å²) in [6.07, 6.45) is 1.66. The molecule has 0 aliphatic rings. The van der Waals surface area contributed by atoms with Crippen molar-refractivity contribution in [2.24, 2.45) is 0 Å². The van der Waals surface area contributed by atoms with E-state index in [1.165, 1.54) is 6.07 Å². The number of rotatable bonds is 4. The zero-order valence-electron chi connectivity index (χ0n) is 12.3. The molecule has 0 amide bonds. The van der Waals surface area contributed by atoms with Gasteiger partial charge in [0.2, 0.25) is 5.88 Å². The first kappa shape index (κ1) is 15.4. The molecule has 1 heterocycles. The van der Waals surface area contributed by atoms with Crippen molar-refractivity contribution in [3.63, 3.8) is 0 Å². The lowest BCUT2D eigenvalue weighted by Gasteiger charge is -2.20. The Labute approximate surface area is 123 Å². The van der Waals surface area contributed by atoms with E-state index in [4.69, 9.17) is 4.74 Å². The third-order valence-electron chi connectivity index (χ3n) is 2.73. The van der Waals surface area contributed by atoms with Crippen LogP contribution in [0.25, 0.3) is 0 Å². The van der Waals surface area contributed by atoms with Crippen molar-refractivity contribution in [1.29, 1.82) is 0 Å². The number of hydrogen-bond donors (Lipinski definition) is 1. The minimum absolute atomic E-state index is 0.0202. The zero-order valence-corrected chi connectivity index (χ0v) is 12.3. The summed E-state index contributed by atoms with van der Waals surface area (Å²) >= 11 is 0. The normalized spacial score (nSPS) is 11.5. The Balaban J connectivity index is 2.02. The van der Waals surface area contributed by atoms with Gasteiger partial charge in [-0.2, -0.15) is 0 Å². The Hall–Kier alpha value is -2.01. The lowest BCUT2D eigenvalue weighted by molar-refractivity contribution is 0.417. The molecule has 0 radical (unpaired) electrons. The van der Waals surface area contributed by atoms with Crippen LogP contribution in [-0.2, 0) is 6.54 Å². The summed E-state index contributed by atoms with van der Waals surface area (Å²) in [5, 5.41) is 3.34. The first-order chi connectivity index (χ1) is 9.83. The van der Waals surface area contributed by atoms with Crippen LogP contribution >= 0.6 is 0 Å². The number of halogens is 2. The molecule has 0 saturated heterocycles. The van der Waals surface area contributed by atoms with E-state index in [0.29, 0.717) is 6.54 Å². The van der Waals surface area contributed by atoms with Crippen LogP contribution < -0.4 is 10.1 Å². The van der Waals surface area contributed by atoms with Crippen LogP contribution in [0, 0.1) is 11.6 Å². The number of aromatic nitrogens is 1. The fourth-order valence-electron chi connectivity index (χ4n) is 1.61. The molecule has 0 aliphatic carbocycles. The summed E-state index contributed by atoms with van der Waals surface area (Å²) in [6.45, 7) is 6.92. The molecule has 0 saturated carbocycles. The predicted molar refractivity (Wildman–Crippen MR) is 77.3 cm³/mol. The zero-order chi connectivity index (χ0) is 15.5. The van der Waals surface area contributed by atoms with Crippen LogP contribution in [0.2, 0.25) is 0 Å². The van der Waals surface area contributed by atoms with Gasteiger partial charge >= 0.3 is 0 Å². The van der Waals surface area contributed by atoms with Crippen molar-refractivity contribution in [3.8, 4) is 11.6 Å². The van der Waals surface area contributed by atoms with E-state index in [1.807, 2.05) is 6.07 Å². The molecule has 1 N–H and O–H groups in total. The highest BCUT2D eigenvalue weighted by Crippen LogP contribution is 2.23. The van der Waals surface area contributed by atoms with E-state index in [0.717, 1.165) is 17.7 Å². The molecule has 2 rings (SSSR count). The van der Waals surface area contributed by atoms with Gasteiger partial charge in [-0.15, -0.1) is 0 Å². The number of ether oxygens (including phenoxy) is 1. The summed E-state index contributed by atoms with van der Waals surface area (Å²) in [4.78, 5) is 4.12. The Bertz CT molecular complexity index is 607. The van der Waals surface area contributed by atoms with E-state index in [9.17, 15) is 8.78 Å². The molecule has 0 unspecified atom stereocenters. The molecule has 3 nitrogen and oxygen atoms in total. The third-order valence-corrected chi connectivity index (χ3v) is 2.73. The fraction of sp³-hybridized carbons (Fsp3) is 0.312. The first-order valence-electron chi connectivity index (χ1n) is 6.66. The van der Waals surface area contributed by atoms with Crippen LogP contribution in [-0.4, -0.2) is 10.5 Å². The predicted octanol–water partition coefficient (Wildman–Crippen LogP) is 4.04. The van der Waals surface area contributed by atoms with Gasteiger partial charge in [-0.1, -0.05) is 6.07 Å². The second-order valence-corrected chi connectivity index (χ2v) is 5.79. The Kier molecular flexibility index (Phi) is 4.53. The van der Waals surface area contributed by atoms with Crippen molar-refractivity contribution >= 4 is 0 Å². The maximum Gasteiger partial charge on any atom is 0.219 e. The third kappa shape index (κ3) is 4.79. The topological polar surface area (TPSA) is 34.1 Å². The van der Waals surface area contributed by atoms with Gasteiger partial charge in [0.25, 0.3) is 0 Å². The van der Waals surface area contributed by atoms with Gasteiger partial charge < -0.3 is 10.1 Å². The molecule has 2 aromatic rings. The van der Waals surface area contributed by atoms with Crippen molar-refractivity contribution < 1.29 is 13.5 Å². The first-order valence-corrected chi connectivity index (χ1v) is 6.66. The Morgan fingerprint density at radius 3 is 2.48 bits per heavy atom. The molecule has 0 fully saturated rings. The van der Waals surface area contributed by atoms with Crippen LogP contribution in [0.3, 0.4) is 0 Å². The highest BCUT2D eigenvalue weighted by atomic mass is 19.1. The number of hydrogen-bond acceptors (Lipinski definition) is 3. The van der Waals surface area contributed by atoms with Crippen LogP contribution in [0.1, 0.15) is 26.3 Å². The van der Waals surface area contributed by atoms with Gasteiger partial charge in [0, 0.05) is 30.4 Å². The maximum atomic E-state index is 13.5. The summed E-state index contributed by atoms with van der Waals surface area (Å²) in [5.41, 5.74) is 1.02. The minimum Gasteiger partial charge on any atom is -0.436 e. The van der Waals surface area contributed by atoms with Crippen molar-refractivity contribution in [2.75, 3.05) is 0 Å². The van der Waals surface area contributed by atoms with E-state index >= 15 is 0 Å². The highest BCUT2D eigenvalue weighted by Gasteiger charge is 2.09. The molecule has 112 valence electrons. The summed E-state index contributed by atoms with van der Waals surface area (Å²) in [5.74, 6) is -1.18. The van der Waals surface area contributed by atoms with Gasteiger partial charge in [0.1, 0.15) is 5.82 Å². The summed E-state index contributed by atoms with van der Waals surface area (Å²) in [7, 11) is 0. The summed E-state index contributed by atoms with van der Waals surface area (Å²) in [6, 6.07) is 6.66. The largest absolute Gasteiger partial charge is 0.436 e. The maximum absolute atomic E-state index is 13.5. The number of nitrogens with zero attached hydrogens (tertiary/aromatic N) is 1. The molecule has 0 aliphatic heterocycles. The second kappa shape index (κ2) is 6.18. The molecule has 21 heavy (non-hydrogen) atoms.